The van der Waals surface area contributed by atoms with Crippen LogP contribution in [0.2, 0.25) is 0 Å². The average Bonchev–Trinajstić information content (AvgIpc) is 2.94. The number of hydrogen-bond acceptors (Lipinski definition) is 3. The van der Waals surface area contributed by atoms with Gasteiger partial charge in [-0.2, -0.15) is 0 Å². The molecule has 4 heteroatoms. The summed E-state index contributed by atoms with van der Waals surface area (Å²) in [5.41, 5.74) is 8.43. The second-order valence-corrected chi connectivity index (χ2v) is 6.15. The van der Waals surface area contributed by atoms with Crippen molar-refractivity contribution in [1.29, 1.82) is 0 Å². The van der Waals surface area contributed by atoms with Crippen LogP contribution in [-0.2, 0) is 13.0 Å². The fourth-order valence-electron chi connectivity index (χ4n) is 2.85. The monoisotopic (exact) mass is 286 g/mol. The molecule has 0 spiro atoms. The van der Waals surface area contributed by atoms with Gasteiger partial charge in [0.1, 0.15) is 0 Å². The van der Waals surface area contributed by atoms with E-state index in [-0.39, 0.29) is 5.91 Å². The van der Waals surface area contributed by atoms with Crippen molar-refractivity contribution in [3.63, 3.8) is 0 Å². The first-order valence-corrected chi connectivity index (χ1v) is 7.81. The summed E-state index contributed by atoms with van der Waals surface area (Å²) in [6.45, 7) is 0.680. The van der Waals surface area contributed by atoms with Gasteiger partial charge in [0.25, 0.3) is 0 Å². The molecule has 2 aromatic rings. The Morgan fingerprint density at radius 1 is 1.35 bits per heavy atom. The van der Waals surface area contributed by atoms with Crippen molar-refractivity contribution in [2.45, 2.75) is 31.8 Å². The van der Waals surface area contributed by atoms with E-state index in [1.807, 2.05) is 29.5 Å². The minimum atomic E-state index is -0.359. The highest BCUT2D eigenvalue weighted by molar-refractivity contribution is 7.10. The van der Waals surface area contributed by atoms with E-state index in [0.717, 1.165) is 12.0 Å². The molecule has 1 aliphatic rings. The third-order valence-electron chi connectivity index (χ3n) is 3.87. The number of hydrogen-bond donors (Lipinski definition) is 2. The Balaban J connectivity index is 1.74. The summed E-state index contributed by atoms with van der Waals surface area (Å²) in [7, 11) is 0. The van der Waals surface area contributed by atoms with E-state index in [9.17, 15) is 4.79 Å². The number of aryl methyl sites for hydroxylation is 1. The van der Waals surface area contributed by atoms with Gasteiger partial charge in [0.15, 0.2) is 0 Å². The zero-order valence-corrected chi connectivity index (χ0v) is 12.1. The van der Waals surface area contributed by atoms with E-state index in [4.69, 9.17) is 5.73 Å². The number of fused-ring (bicyclic) bond motifs is 1. The van der Waals surface area contributed by atoms with Crippen LogP contribution in [0.4, 0.5) is 0 Å². The maximum Gasteiger partial charge on any atom is 0.249 e. The first kappa shape index (κ1) is 13.3. The van der Waals surface area contributed by atoms with E-state index in [2.05, 4.69) is 16.8 Å². The fourth-order valence-corrected chi connectivity index (χ4v) is 3.83. The molecule has 1 aromatic heterocycles. The highest BCUT2D eigenvalue weighted by Crippen LogP contribution is 2.33. The second-order valence-electron chi connectivity index (χ2n) is 5.15. The Labute approximate surface area is 122 Å². The van der Waals surface area contributed by atoms with Crippen LogP contribution in [0.5, 0.6) is 0 Å². The van der Waals surface area contributed by atoms with Crippen LogP contribution < -0.4 is 11.1 Å². The molecule has 0 saturated heterocycles. The molecular formula is C16H18N2OS. The van der Waals surface area contributed by atoms with Gasteiger partial charge in [0.2, 0.25) is 5.91 Å². The molecule has 104 valence electrons. The molecule has 1 unspecified atom stereocenters. The largest absolute Gasteiger partial charge is 0.366 e. The Hall–Kier alpha value is -1.65. The molecular weight excluding hydrogens is 268 g/mol. The average molecular weight is 286 g/mol. The lowest BCUT2D eigenvalue weighted by Gasteiger charge is -2.24. The Bertz CT molecular complexity index is 620. The van der Waals surface area contributed by atoms with Crippen LogP contribution in [0, 0.1) is 0 Å². The lowest BCUT2D eigenvalue weighted by molar-refractivity contribution is 0.0999. The van der Waals surface area contributed by atoms with Gasteiger partial charge in [0.05, 0.1) is 0 Å². The van der Waals surface area contributed by atoms with Crippen LogP contribution in [0.15, 0.2) is 35.7 Å². The molecule has 1 amide bonds. The second kappa shape index (κ2) is 5.77. The van der Waals surface area contributed by atoms with Crippen molar-refractivity contribution in [3.05, 3.63) is 57.3 Å². The lowest BCUT2D eigenvalue weighted by atomic mass is 9.93. The van der Waals surface area contributed by atoms with Crippen LogP contribution in [0.25, 0.3) is 0 Å². The quantitative estimate of drug-likeness (QED) is 0.907. The van der Waals surface area contributed by atoms with Crippen molar-refractivity contribution in [2.24, 2.45) is 5.73 Å². The van der Waals surface area contributed by atoms with Crippen molar-refractivity contribution >= 4 is 17.2 Å². The van der Waals surface area contributed by atoms with E-state index >= 15 is 0 Å². The molecule has 20 heavy (non-hydrogen) atoms. The molecule has 3 N–H and O–H groups in total. The Morgan fingerprint density at radius 2 is 2.20 bits per heavy atom. The number of rotatable bonds is 4. The number of carbonyl (C=O) groups is 1. The number of nitrogens with two attached hydrogens (primary N) is 1. The zero-order valence-electron chi connectivity index (χ0n) is 11.3. The fraction of sp³-hybridized carbons (Fsp3) is 0.312. The third-order valence-corrected chi connectivity index (χ3v) is 4.87. The molecule has 1 aliphatic carbocycles. The summed E-state index contributed by atoms with van der Waals surface area (Å²) < 4.78 is 0. The number of carbonyl (C=O) groups excluding carboxylic acids is 1. The number of nitrogens with one attached hydrogen (secondary N) is 1. The molecule has 3 rings (SSSR count). The van der Waals surface area contributed by atoms with Crippen LogP contribution >= 0.6 is 11.3 Å². The number of thiophene rings is 1. The van der Waals surface area contributed by atoms with Gasteiger partial charge in [-0.3, -0.25) is 4.79 Å². The van der Waals surface area contributed by atoms with Crippen LogP contribution in [0.3, 0.4) is 0 Å². The summed E-state index contributed by atoms with van der Waals surface area (Å²) in [6, 6.07) is 10.2. The Kier molecular flexibility index (Phi) is 3.85. The standard InChI is InChI=1S/C16H18N2OS/c17-16(19)12-5-2-1-4-11(12)10-18-14-6-3-7-15-13(14)8-9-20-15/h1-2,4-5,8-9,14,18H,3,6-7,10H2,(H2,17,19). The van der Waals surface area contributed by atoms with Gasteiger partial charge in [-0.1, -0.05) is 18.2 Å². The molecule has 1 atom stereocenters. The molecule has 0 bridgehead atoms. The van der Waals surface area contributed by atoms with E-state index < -0.39 is 0 Å². The van der Waals surface area contributed by atoms with Crippen LogP contribution in [0.1, 0.15) is 45.2 Å². The number of primary amides is 1. The predicted molar refractivity (Wildman–Crippen MR) is 81.8 cm³/mol. The molecule has 0 radical (unpaired) electrons. The van der Waals surface area contributed by atoms with Gasteiger partial charge in [-0.05, 0) is 47.9 Å². The van der Waals surface area contributed by atoms with E-state index in [0.29, 0.717) is 18.2 Å². The van der Waals surface area contributed by atoms with Crippen molar-refractivity contribution < 1.29 is 4.79 Å². The maximum absolute atomic E-state index is 11.4. The summed E-state index contributed by atoms with van der Waals surface area (Å²) in [6.07, 6.45) is 3.58. The third kappa shape index (κ3) is 2.62. The smallest absolute Gasteiger partial charge is 0.249 e. The summed E-state index contributed by atoms with van der Waals surface area (Å²) in [5, 5.41) is 5.74. The number of benzene rings is 1. The Morgan fingerprint density at radius 3 is 3.05 bits per heavy atom. The summed E-state index contributed by atoms with van der Waals surface area (Å²) in [4.78, 5) is 12.9. The first-order chi connectivity index (χ1) is 9.75. The first-order valence-electron chi connectivity index (χ1n) is 6.93. The lowest BCUT2D eigenvalue weighted by Crippen LogP contribution is -2.25. The predicted octanol–water partition coefficient (Wildman–Crippen LogP) is 3.01. The SMILES string of the molecule is NC(=O)c1ccccc1CNC1CCCc2sccc21. The molecule has 0 saturated carbocycles. The normalized spacial score (nSPS) is 17.7. The molecule has 0 aliphatic heterocycles. The van der Waals surface area contributed by atoms with Gasteiger partial charge in [-0.25, -0.2) is 0 Å². The zero-order chi connectivity index (χ0) is 13.9. The van der Waals surface area contributed by atoms with E-state index in [1.54, 1.807) is 6.07 Å². The van der Waals surface area contributed by atoms with Crippen molar-refractivity contribution in [3.8, 4) is 0 Å². The van der Waals surface area contributed by atoms with Crippen LogP contribution in [-0.4, -0.2) is 5.91 Å². The summed E-state index contributed by atoms with van der Waals surface area (Å²) >= 11 is 1.84. The maximum atomic E-state index is 11.4. The van der Waals surface area contributed by atoms with Gasteiger partial charge < -0.3 is 11.1 Å². The molecule has 0 fully saturated rings. The van der Waals surface area contributed by atoms with Gasteiger partial charge in [-0.15, -0.1) is 11.3 Å². The van der Waals surface area contributed by atoms with E-state index in [1.165, 1.54) is 23.3 Å². The topological polar surface area (TPSA) is 55.1 Å². The number of amides is 1. The summed E-state index contributed by atoms with van der Waals surface area (Å²) in [5.74, 6) is -0.359. The highest BCUT2D eigenvalue weighted by atomic mass is 32.1. The molecule has 3 nitrogen and oxygen atoms in total. The molecule has 1 aromatic carbocycles. The minimum Gasteiger partial charge on any atom is -0.366 e. The minimum absolute atomic E-state index is 0.359. The highest BCUT2D eigenvalue weighted by Gasteiger charge is 2.21. The van der Waals surface area contributed by atoms with Crippen molar-refractivity contribution in [2.75, 3.05) is 0 Å². The molecule has 1 heterocycles. The van der Waals surface area contributed by atoms with Gasteiger partial charge in [0, 0.05) is 23.0 Å². The van der Waals surface area contributed by atoms with Crippen molar-refractivity contribution in [1.82, 2.24) is 5.32 Å². The van der Waals surface area contributed by atoms with Gasteiger partial charge >= 0.3 is 0 Å².